The van der Waals surface area contributed by atoms with Crippen molar-refractivity contribution in [2.75, 3.05) is 18.4 Å². The van der Waals surface area contributed by atoms with E-state index in [0.717, 1.165) is 30.5 Å². The van der Waals surface area contributed by atoms with Gasteiger partial charge < -0.3 is 15.6 Å². The number of piperidine rings is 1. The number of aryl methyl sites for hydroxylation is 1. The molecule has 2 heterocycles. The van der Waals surface area contributed by atoms with Gasteiger partial charge in [-0.3, -0.25) is 14.5 Å². The SMILES string of the molecule is CCn1c2ccccc2c2cc(NC(=O)[C@@H](C)N3CCC(C(N)=O)CC3)ccc21. The van der Waals surface area contributed by atoms with E-state index in [9.17, 15) is 9.59 Å². The van der Waals surface area contributed by atoms with Gasteiger partial charge in [0, 0.05) is 40.0 Å². The molecule has 1 aliphatic rings. The normalized spacial score (nSPS) is 16.9. The number of carbonyl (C=O) groups excluding carboxylic acids is 2. The first-order chi connectivity index (χ1) is 14.0. The zero-order valence-corrected chi connectivity index (χ0v) is 17.0. The lowest BCUT2D eigenvalue weighted by Gasteiger charge is -2.34. The van der Waals surface area contributed by atoms with Gasteiger partial charge in [0.15, 0.2) is 0 Å². The van der Waals surface area contributed by atoms with Crippen molar-refractivity contribution < 1.29 is 9.59 Å². The molecule has 0 unspecified atom stereocenters. The van der Waals surface area contributed by atoms with Crippen LogP contribution in [0.4, 0.5) is 5.69 Å². The lowest BCUT2D eigenvalue weighted by atomic mass is 9.95. The number of carbonyl (C=O) groups is 2. The van der Waals surface area contributed by atoms with Crippen LogP contribution in [0.2, 0.25) is 0 Å². The predicted molar refractivity (Wildman–Crippen MR) is 117 cm³/mol. The third-order valence-electron chi connectivity index (χ3n) is 6.22. The highest BCUT2D eigenvalue weighted by atomic mass is 16.2. The fourth-order valence-electron chi connectivity index (χ4n) is 4.46. The van der Waals surface area contributed by atoms with Crippen molar-refractivity contribution in [3.63, 3.8) is 0 Å². The van der Waals surface area contributed by atoms with E-state index in [4.69, 9.17) is 5.73 Å². The number of anilines is 1. The number of hydrogen-bond acceptors (Lipinski definition) is 3. The van der Waals surface area contributed by atoms with Crippen LogP contribution in [0.5, 0.6) is 0 Å². The summed E-state index contributed by atoms with van der Waals surface area (Å²) in [7, 11) is 0. The van der Waals surface area contributed by atoms with E-state index in [1.54, 1.807) is 0 Å². The second kappa shape index (κ2) is 7.87. The van der Waals surface area contributed by atoms with Crippen molar-refractivity contribution in [1.29, 1.82) is 0 Å². The Hall–Kier alpha value is -2.86. The van der Waals surface area contributed by atoms with Crippen molar-refractivity contribution in [2.45, 2.75) is 39.3 Å². The van der Waals surface area contributed by atoms with Gasteiger partial charge in [0.25, 0.3) is 0 Å². The van der Waals surface area contributed by atoms with Crippen LogP contribution in [0.3, 0.4) is 0 Å². The van der Waals surface area contributed by atoms with Gasteiger partial charge in [-0.2, -0.15) is 0 Å². The molecule has 4 rings (SSSR count). The van der Waals surface area contributed by atoms with Crippen LogP contribution in [0.15, 0.2) is 42.5 Å². The molecular weight excluding hydrogens is 364 g/mol. The summed E-state index contributed by atoms with van der Waals surface area (Å²) in [5.41, 5.74) is 8.60. The van der Waals surface area contributed by atoms with Gasteiger partial charge in [-0.05, 0) is 64.0 Å². The number of aromatic nitrogens is 1. The summed E-state index contributed by atoms with van der Waals surface area (Å²) >= 11 is 0. The molecule has 1 fully saturated rings. The lowest BCUT2D eigenvalue weighted by molar-refractivity contribution is -0.124. The van der Waals surface area contributed by atoms with Crippen molar-refractivity contribution in [3.8, 4) is 0 Å². The first-order valence-corrected chi connectivity index (χ1v) is 10.3. The van der Waals surface area contributed by atoms with Crippen molar-refractivity contribution in [3.05, 3.63) is 42.5 Å². The Morgan fingerprint density at radius 2 is 1.79 bits per heavy atom. The molecule has 1 aromatic heterocycles. The van der Waals surface area contributed by atoms with Crippen molar-refractivity contribution in [2.24, 2.45) is 11.7 Å². The molecule has 0 radical (unpaired) electrons. The zero-order valence-electron chi connectivity index (χ0n) is 17.0. The Labute approximate surface area is 170 Å². The highest BCUT2D eigenvalue weighted by Crippen LogP contribution is 2.31. The average molecular weight is 393 g/mol. The van der Waals surface area contributed by atoms with Gasteiger partial charge in [-0.15, -0.1) is 0 Å². The van der Waals surface area contributed by atoms with E-state index in [1.165, 1.54) is 16.4 Å². The van der Waals surface area contributed by atoms with Crippen LogP contribution in [-0.2, 0) is 16.1 Å². The van der Waals surface area contributed by atoms with Gasteiger partial charge in [-0.1, -0.05) is 18.2 Å². The summed E-state index contributed by atoms with van der Waals surface area (Å²) in [5.74, 6) is -0.331. The minimum Gasteiger partial charge on any atom is -0.369 e. The number of para-hydroxylation sites is 1. The Morgan fingerprint density at radius 3 is 2.48 bits per heavy atom. The van der Waals surface area contributed by atoms with Gasteiger partial charge in [-0.25, -0.2) is 0 Å². The number of likely N-dealkylation sites (tertiary alicyclic amines) is 1. The van der Waals surface area contributed by atoms with E-state index in [2.05, 4.69) is 52.0 Å². The maximum absolute atomic E-state index is 12.8. The Balaban J connectivity index is 1.53. The molecule has 0 spiro atoms. The van der Waals surface area contributed by atoms with Gasteiger partial charge in [0.1, 0.15) is 0 Å². The molecule has 1 aliphatic heterocycles. The van der Waals surface area contributed by atoms with Crippen LogP contribution >= 0.6 is 0 Å². The summed E-state index contributed by atoms with van der Waals surface area (Å²) in [6.07, 6.45) is 1.44. The number of nitrogens with zero attached hydrogens (tertiary/aromatic N) is 2. The largest absolute Gasteiger partial charge is 0.369 e. The first kappa shape index (κ1) is 19.5. The summed E-state index contributed by atoms with van der Waals surface area (Å²) in [6.45, 7) is 6.39. The molecule has 3 N–H and O–H groups in total. The summed E-state index contributed by atoms with van der Waals surface area (Å²) in [6, 6.07) is 14.2. The lowest BCUT2D eigenvalue weighted by Crippen LogP contribution is -2.47. The van der Waals surface area contributed by atoms with E-state index in [-0.39, 0.29) is 23.8 Å². The summed E-state index contributed by atoms with van der Waals surface area (Å²) in [4.78, 5) is 26.3. The fraction of sp³-hybridized carbons (Fsp3) is 0.391. The molecule has 0 bridgehead atoms. The number of benzene rings is 2. The maximum Gasteiger partial charge on any atom is 0.241 e. The number of nitrogens with one attached hydrogen (secondary N) is 1. The van der Waals surface area contributed by atoms with Crippen LogP contribution in [0.1, 0.15) is 26.7 Å². The van der Waals surface area contributed by atoms with E-state index >= 15 is 0 Å². The summed E-state index contributed by atoms with van der Waals surface area (Å²) < 4.78 is 2.29. The third-order valence-corrected chi connectivity index (χ3v) is 6.22. The Bertz CT molecular complexity index is 1060. The minimum atomic E-state index is -0.253. The van der Waals surface area contributed by atoms with Crippen LogP contribution in [0, 0.1) is 5.92 Å². The smallest absolute Gasteiger partial charge is 0.241 e. The van der Waals surface area contributed by atoms with E-state index < -0.39 is 0 Å². The monoisotopic (exact) mass is 392 g/mol. The van der Waals surface area contributed by atoms with Crippen LogP contribution in [-0.4, -0.2) is 40.4 Å². The highest BCUT2D eigenvalue weighted by Gasteiger charge is 2.28. The van der Waals surface area contributed by atoms with Crippen LogP contribution in [0.25, 0.3) is 21.8 Å². The topological polar surface area (TPSA) is 80.4 Å². The van der Waals surface area contributed by atoms with E-state index in [1.807, 2.05) is 19.1 Å². The zero-order chi connectivity index (χ0) is 20.5. The molecule has 1 saturated heterocycles. The molecule has 6 heteroatoms. The first-order valence-electron chi connectivity index (χ1n) is 10.3. The maximum atomic E-state index is 12.8. The van der Waals surface area contributed by atoms with Crippen molar-refractivity contribution in [1.82, 2.24) is 9.47 Å². The van der Waals surface area contributed by atoms with Gasteiger partial charge in [0.2, 0.25) is 11.8 Å². The number of nitrogens with two attached hydrogens (primary N) is 1. The highest BCUT2D eigenvalue weighted by molar-refractivity contribution is 6.10. The molecule has 2 aromatic carbocycles. The Morgan fingerprint density at radius 1 is 1.10 bits per heavy atom. The molecule has 2 amide bonds. The number of fused-ring (bicyclic) bond motifs is 3. The number of primary amides is 1. The third kappa shape index (κ3) is 3.60. The molecule has 1 atom stereocenters. The molecule has 29 heavy (non-hydrogen) atoms. The second-order valence-corrected chi connectivity index (χ2v) is 7.87. The fourth-order valence-corrected chi connectivity index (χ4v) is 4.46. The van der Waals surface area contributed by atoms with Crippen molar-refractivity contribution >= 4 is 39.3 Å². The number of amides is 2. The van der Waals surface area contributed by atoms with Crippen LogP contribution < -0.4 is 11.1 Å². The Kier molecular flexibility index (Phi) is 5.28. The van der Waals surface area contributed by atoms with Gasteiger partial charge >= 0.3 is 0 Å². The average Bonchev–Trinajstić information content (AvgIpc) is 3.06. The standard InChI is InChI=1S/C23H28N4O2/c1-3-27-20-7-5-4-6-18(20)19-14-17(8-9-21(19)27)25-23(29)15(2)26-12-10-16(11-13-26)22(24)28/h4-9,14-16H,3,10-13H2,1-2H3,(H2,24,28)(H,25,29)/t15-/m1/s1. The molecular formula is C23H28N4O2. The predicted octanol–water partition coefficient (Wildman–Crippen LogP) is 3.34. The van der Waals surface area contributed by atoms with Gasteiger partial charge in [0.05, 0.1) is 6.04 Å². The second-order valence-electron chi connectivity index (χ2n) is 7.87. The summed E-state index contributed by atoms with van der Waals surface area (Å²) in [5, 5.41) is 5.42. The quantitative estimate of drug-likeness (QED) is 0.699. The number of rotatable bonds is 5. The molecule has 0 aliphatic carbocycles. The molecule has 3 aromatic rings. The minimum absolute atomic E-state index is 0.0268. The number of hydrogen-bond donors (Lipinski definition) is 2. The molecule has 0 saturated carbocycles. The van der Waals surface area contributed by atoms with E-state index in [0.29, 0.717) is 13.1 Å². The molecule has 6 nitrogen and oxygen atoms in total. The molecule has 152 valence electrons.